The van der Waals surface area contributed by atoms with E-state index in [-0.39, 0.29) is 18.9 Å². The Morgan fingerprint density at radius 3 is 2.69 bits per heavy atom. The lowest BCUT2D eigenvalue weighted by Gasteiger charge is -2.12. The molecule has 32 heavy (non-hydrogen) atoms. The van der Waals surface area contributed by atoms with Crippen LogP contribution in [0.4, 0.5) is 11.4 Å². The number of carboxylic acids is 1. The molecule has 0 aliphatic carbocycles. The van der Waals surface area contributed by atoms with Crippen LogP contribution < -0.4 is 10.6 Å². The van der Waals surface area contributed by atoms with E-state index in [0.717, 1.165) is 28.0 Å². The van der Waals surface area contributed by atoms with E-state index in [0.29, 0.717) is 11.3 Å². The first kappa shape index (κ1) is 20.8. The highest BCUT2D eigenvalue weighted by Gasteiger charge is 2.12. The number of anilines is 2. The third-order valence-electron chi connectivity index (χ3n) is 4.77. The molecule has 0 unspecified atom stereocenters. The molecule has 4 N–H and O–H groups in total. The normalized spacial score (nSPS) is 11.0. The Bertz CT molecular complexity index is 1280. The van der Waals surface area contributed by atoms with Gasteiger partial charge < -0.3 is 15.7 Å². The summed E-state index contributed by atoms with van der Waals surface area (Å²) in [6.07, 6.45) is 5.42. The number of carboxylic acid groups (broad SMARTS) is 1. The monoisotopic (exact) mass is 427 g/mol. The number of fused-ring (bicyclic) bond motifs is 1. The van der Waals surface area contributed by atoms with Crippen LogP contribution in [-0.4, -0.2) is 38.7 Å². The minimum atomic E-state index is -0.959. The number of nitrogens with zero attached hydrogens (tertiary/aromatic N) is 2. The lowest BCUT2D eigenvalue weighted by atomic mass is 10.1. The third kappa shape index (κ3) is 4.99. The van der Waals surface area contributed by atoms with Crippen molar-refractivity contribution < 1.29 is 14.7 Å². The number of hydrogen-bond acceptors (Lipinski definition) is 5. The van der Waals surface area contributed by atoms with Gasteiger partial charge in [-0.1, -0.05) is 18.2 Å². The molecule has 4 aromatic rings. The Morgan fingerprint density at radius 1 is 1.03 bits per heavy atom. The number of hydrogen-bond donors (Lipinski definition) is 4. The molecule has 0 saturated carbocycles. The van der Waals surface area contributed by atoms with Crippen molar-refractivity contribution in [3.63, 3.8) is 0 Å². The molecule has 0 aliphatic heterocycles. The molecule has 1 amide bonds. The highest BCUT2D eigenvalue weighted by Crippen LogP contribution is 2.26. The molecule has 0 aliphatic rings. The molecule has 0 radical (unpaired) electrons. The first-order valence-electron chi connectivity index (χ1n) is 10.0. The van der Waals surface area contributed by atoms with Gasteiger partial charge in [0.05, 0.1) is 34.6 Å². The van der Waals surface area contributed by atoms with Crippen molar-refractivity contribution in [1.82, 2.24) is 20.5 Å². The first-order chi connectivity index (χ1) is 15.6. The Labute approximate surface area is 184 Å². The predicted molar refractivity (Wildman–Crippen MR) is 124 cm³/mol. The van der Waals surface area contributed by atoms with Crippen molar-refractivity contribution in [2.24, 2.45) is 0 Å². The number of carbonyl (C=O) groups is 2. The maximum atomic E-state index is 12.5. The number of para-hydroxylation sites is 1. The highest BCUT2D eigenvalue weighted by atomic mass is 16.4. The minimum Gasteiger partial charge on any atom is -0.481 e. The fourth-order valence-corrected chi connectivity index (χ4v) is 3.21. The van der Waals surface area contributed by atoms with Gasteiger partial charge in [0.2, 0.25) is 0 Å². The largest absolute Gasteiger partial charge is 0.481 e. The van der Waals surface area contributed by atoms with E-state index in [4.69, 9.17) is 5.11 Å². The quantitative estimate of drug-likeness (QED) is 0.336. The van der Waals surface area contributed by atoms with Crippen LogP contribution in [0.3, 0.4) is 0 Å². The Hall–Kier alpha value is -4.46. The molecular formula is C24H21N5O3. The second kappa shape index (κ2) is 9.57. The molecule has 0 spiro atoms. The van der Waals surface area contributed by atoms with Gasteiger partial charge >= 0.3 is 5.97 Å². The zero-order valence-corrected chi connectivity index (χ0v) is 17.1. The molecule has 160 valence electrons. The van der Waals surface area contributed by atoms with Gasteiger partial charge in [0.1, 0.15) is 0 Å². The Balaban J connectivity index is 1.51. The van der Waals surface area contributed by atoms with E-state index in [2.05, 4.69) is 25.8 Å². The summed E-state index contributed by atoms with van der Waals surface area (Å²) in [5.41, 5.74) is 4.33. The fourth-order valence-electron chi connectivity index (χ4n) is 3.21. The average molecular weight is 427 g/mol. The summed E-state index contributed by atoms with van der Waals surface area (Å²) in [5.74, 6) is -1.29. The molecule has 4 rings (SSSR count). The molecule has 2 aromatic carbocycles. The topological polar surface area (TPSA) is 120 Å². The zero-order chi connectivity index (χ0) is 22.3. The van der Waals surface area contributed by atoms with Crippen LogP contribution in [-0.2, 0) is 4.79 Å². The number of H-pyrrole nitrogens is 1. The van der Waals surface area contributed by atoms with Crippen LogP contribution in [0.1, 0.15) is 28.2 Å². The van der Waals surface area contributed by atoms with Gasteiger partial charge in [0, 0.05) is 23.8 Å². The number of carbonyl (C=O) groups excluding carboxylic acids is 1. The molecule has 0 fully saturated rings. The highest BCUT2D eigenvalue weighted by molar-refractivity contribution is 6.00. The number of aromatic amines is 1. The van der Waals surface area contributed by atoms with Crippen molar-refractivity contribution in [2.75, 3.05) is 11.9 Å². The smallest absolute Gasteiger partial charge is 0.305 e. The third-order valence-corrected chi connectivity index (χ3v) is 4.77. The summed E-state index contributed by atoms with van der Waals surface area (Å²) < 4.78 is 0. The molecule has 8 nitrogen and oxygen atoms in total. The number of benzene rings is 2. The van der Waals surface area contributed by atoms with Crippen molar-refractivity contribution >= 4 is 46.3 Å². The van der Waals surface area contributed by atoms with Crippen LogP contribution >= 0.6 is 0 Å². The van der Waals surface area contributed by atoms with Gasteiger partial charge in [-0.25, -0.2) is 0 Å². The van der Waals surface area contributed by atoms with E-state index in [9.17, 15) is 9.59 Å². The van der Waals surface area contributed by atoms with Crippen LogP contribution in [0, 0.1) is 0 Å². The van der Waals surface area contributed by atoms with Crippen molar-refractivity contribution in [3.05, 3.63) is 83.8 Å². The molecule has 0 saturated heterocycles. The fraction of sp³-hybridized carbons (Fsp3) is 0.0833. The summed E-state index contributed by atoms with van der Waals surface area (Å²) in [5, 5.41) is 23.0. The molecule has 8 heteroatoms. The van der Waals surface area contributed by atoms with Crippen LogP contribution in [0.15, 0.2) is 66.9 Å². The van der Waals surface area contributed by atoms with E-state index in [1.54, 1.807) is 24.4 Å². The van der Waals surface area contributed by atoms with E-state index < -0.39 is 5.97 Å². The van der Waals surface area contributed by atoms with Gasteiger partial charge in [-0.05, 0) is 54.6 Å². The molecule has 2 heterocycles. The van der Waals surface area contributed by atoms with E-state index in [1.165, 1.54) is 0 Å². The van der Waals surface area contributed by atoms with Crippen molar-refractivity contribution in [3.8, 4) is 0 Å². The molecular weight excluding hydrogens is 406 g/mol. The zero-order valence-electron chi connectivity index (χ0n) is 17.1. The van der Waals surface area contributed by atoms with Crippen molar-refractivity contribution in [2.45, 2.75) is 6.42 Å². The standard InChI is InChI=1S/C24H21N5O3/c30-23(31)12-14-26-24(32)19-6-1-2-7-20(19)27-17-8-10-18-21(28-29-22(18)15-17)11-9-16-5-3-4-13-25-16/h1-11,13,15,27H,12,14H2,(H,26,32)(H,28,29)(H,30,31)/b11-9+. The second-order valence-corrected chi connectivity index (χ2v) is 7.03. The number of amides is 1. The summed E-state index contributed by atoms with van der Waals surface area (Å²) in [4.78, 5) is 27.4. The summed E-state index contributed by atoms with van der Waals surface area (Å²) in [6.45, 7) is 0.0669. The number of pyridine rings is 1. The second-order valence-electron chi connectivity index (χ2n) is 7.03. The summed E-state index contributed by atoms with van der Waals surface area (Å²) >= 11 is 0. The van der Waals surface area contributed by atoms with Gasteiger partial charge in [-0.3, -0.25) is 19.7 Å². The Morgan fingerprint density at radius 2 is 1.88 bits per heavy atom. The van der Waals surface area contributed by atoms with Crippen LogP contribution in [0.5, 0.6) is 0 Å². The summed E-state index contributed by atoms with van der Waals surface area (Å²) in [7, 11) is 0. The Kier molecular flexibility index (Phi) is 6.22. The molecule has 0 bridgehead atoms. The van der Waals surface area contributed by atoms with E-state index >= 15 is 0 Å². The van der Waals surface area contributed by atoms with Crippen LogP contribution in [0.2, 0.25) is 0 Å². The van der Waals surface area contributed by atoms with Gasteiger partial charge in [0.25, 0.3) is 5.91 Å². The molecule has 0 atom stereocenters. The van der Waals surface area contributed by atoms with Crippen LogP contribution in [0.25, 0.3) is 23.1 Å². The minimum absolute atomic E-state index is 0.0669. The van der Waals surface area contributed by atoms with Crippen molar-refractivity contribution in [1.29, 1.82) is 0 Å². The summed E-state index contributed by atoms with van der Waals surface area (Å²) in [6, 6.07) is 18.6. The van der Waals surface area contributed by atoms with Gasteiger partial charge in [-0.15, -0.1) is 0 Å². The predicted octanol–water partition coefficient (Wildman–Crippen LogP) is 4.08. The van der Waals surface area contributed by atoms with Gasteiger partial charge in [0.15, 0.2) is 0 Å². The lowest BCUT2D eigenvalue weighted by Crippen LogP contribution is -2.26. The molecule has 2 aromatic heterocycles. The SMILES string of the molecule is O=C(O)CCNC(=O)c1ccccc1Nc1ccc2c(/C=C/c3ccccn3)n[nH]c2c1. The van der Waals surface area contributed by atoms with E-state index in [1.807, 2.05) is 54.6 Å². The maximum absolute atomic E-state index is 12.5. The first-order valence-corrected chi connectivity index (χ1v) is 10.0. The number of nitrogens with one attached hydrogen (secondary N) is 3. The number of rotatable bonds is 8. The maximum Gasteiger partial charge on any atom is 0.305 e. The number of aliphatic carboxylic acids is 1. The average Bonchev–Trinajstić information content (AvgIpc) is 3.20. The lowest BCUT2D eigenvalue weighted by molar-refractivity contribution is -0.136. The van der Waals surface area contributed by atoms with Gasteiger partial charge in [-0.2, -0.15) is 5.10 Å². The number of aromatic nitrogens is 3.